The van der Waals surface area contributed by atoms with E-state index in [0.717, 1.165) is 10.4 Å². The third-order valence-electron chi connectivity index (χ3n) is 4.80. The van der Waals surface area contributed by atoms with Crippen molar-refractivity contribution in [3.8, 4) is 0 Å². The topological polar surface area (TPSA) is 108 Å². The van der Waals surface area contributed by atoms with Gasteiger partial charge >= 0.3 is 11.9 Å². The van der Waals surface area contributed by atoms with Crippen molar-refractivity contribution < 1.29 is 29.3 Å². The molecule has 1 aliphatic rings. The van der Waals surface area contributed by atoms with E-state index in [1.165, 1.54) is 42.5 Å². The second-order valence-corrected chi connectivity index (χ2v) is 8.08. The second kappa shape index (κ2) is 6.86. The summed E-state index contributed by atoms with van der Waals surface area (Å²) < 4.78 is 13.0. The smallest absolute Gasteiger partial charge is 0.336 e. The van der Waals surface area contributed by atoms with Crippen LogP contribution in [0, 0.1) is 11.2 Å². The van der Waals surface area contributed by atoms with Crippen molar-refractivity contribution in [1.82, 2.24) is 4.98 Å². The van der Waals surface area contributed by atoms with Gasteiger partial charge in [0.15, 0.2) is 5.60 Å². The zero-order chi connectivity index (χ0) is 19.8. The van der Waals surface area contributed by atoms with Crippen LogP contribution in [0.3, 0.4) is 0 Å². The first-order chi connectivity index (χ1) is 12.6. The first-order valence-corrected chi connectivity index (χ1v) is 9.03. The van der Waals surface area contributed by atoms with Crippen molar-refractivity contribution in [2.24, 2.45) is 5.41 Å². The summed E-state index contributed by atoms with van der Waals surface area (Å²) in [4.78, 5) is 28.3. The molecule has 3 N–H and O–H groups in total. The molecule has 0 amide bonds. The Labute approximate surface area is 158 Å². The van der Waals surface area contributed by atoms with Crippen LogP contribution < -0.4 is 0 Å². The van der Waals surface area contributed by atoms with Gasteiger partial charge in [0.2, 0.25) is 0 Å². The first-order valence-electron chi connectivity index (χ1n) is 8.22. The fourth-order valence-corrected chi connectivity index (χ4v) is 4.31. The lowest BCUT2D eigenvalue weighted by atomic mass is 9.68. The molecule has 3 atom stereocenters. The molecule has 0 spiro atoms. The summed E-state index contributed by atoms with van der Waals surface area (Å²) in [6.07, 6.45) is 4.45. The Kier molecular flexibility index (Phi) is 4.88. The van der Waals surface area contributed by atoms with Crippen molar-refractivity contribution in [2.75, 3.05) is 0 Å². The highest BCUT2D eigenvalue weighted by Crippen LogP contribution is 2.45. The summed E-state index contributed by atoms with van der Waals surface area (Å²) in [6.45, 7) is 1.37. The Morgan fingerprint density at radius 1 is 1.26 bits per heavy atom. The van der Waals surface area contributed by atoms with Gasteiger partial charge in [0.25, 0.3) is 0 Å². The lowest BCUT2D eigenvalue weighted by Crippen LogP contribution is -2.51. The van der Waals surface area contributed by atoms with Crippen LogP contribution in [0.4, 0.5) is 4.39 Å². The van der Waals surface area contributed by atoms with E-state index in [9.17, 15) is 29.3 Å². The quantitative estimate of drug-likeness (QED) is 0.677. The number of thiazole rings is 1. The molecule has 1 aromatic heterocycles. The van der Waals surface area contributed by atoms with Gasteiger partial charge in [-0.3, -0.25) is 4.79 Å². The number of aliphatic carboxylic acids is 2. The minimum absolute atomic E-state index is 0.330. The maximum absolute atomic E-state index is 13.0. The molecule has 6 nitrogen and oxygen atoms in total. The Balaban J connectivity index is 1.90. The molecule has 0 bridgehead atoms. The highest BCUT2D eigenvalue weighted by Gasteiger charge is 2.54. The molecule has 0 saturated heterocycles. The first kappa shape index (κ1) is 19.2. The Bertz CT molecular complexity index is 909. The van der Waals surface area contributed by atoms with Gasteiger partial charge < -0.3 is 15.3 Å². The molecular weight excluding hydrogens is 373 g/mol. The molecule has 3 unspecified atom stereocenters. The van der Waals surface area contributed by atoms with Crippen LogP contribution in [0.5, 0.6) is 0 Å². The van der Waals surface area contributed by atoms with Gasteiger partial charge in [-0.25, -0.2) is 14.2 Å². The minimum atomic E-state index is -2.27. The number of halogens is 1. The van der Waals surface area contributed by atoms with Crippen LogP contribution in [0.1, 0.15) is 34.7 Å². The fraction of sp³-hybridized carbons (Fsp3) is 0.316. The van der Waals surface area contributed by atoms with E-state index in [0.29, 0.717) is 11.4 Å². The number of carboxylic acids is 2. The van der Waals surface area contributed by atoms with E-state index >= 15 is 0 Å². The van der Waals surface area contributed by atoms with Crippen molar-refractivity contribution in [3.05, 3.63) is 63.9 Å². The van der Waals surface area contributed by atoms with Gasteiger partial charge in [0.1, 0.15) is 10.8 Å². The van der Waals surface area contributed by atoms with Crippen LogP contribution in [0.15, 0.2) is 42.6 Å². The summed E-state index contributed by atoms with van der Waals surface area (Å²) >= 11 is 1.24. The number of aromatic nitrogens is 1. The standard InChI is InChI=1S/C19H18FNO5S/c1-18(16(22)23)7-6-14(19(26,10-18)17(24)25)15-21-9-13(27-15)8-11-2-4-12(20)5-3-11/h2-7,9,14,26H,8,10H2,1H3,(H,22,23)(H,24,25). The zero-order valence-corrected chi connectivity index (χ0v) is 15.2. The molecule has 0 aliphatic heterocycles. The molecule has 0 saturated carbocycles. The van der Waals surface area contributed by atoms with Crippen molar-refractivity contribution >= 4 is 23.3 Å². The van der Waals surface area contributed by atoms with Crippen LogP contribution in [-0.2, 0) is 16.0 Å². The van der Waals surface area contributed by atoms with Gasteiger partial charge in [-0.2, -0.15) is 0 Å². The summed E-state index contributed by atoms with van der Waals surface area (Å²) in [6, 6.07) is 6.02. The average Bonchev–Trinajstić information content (AvgIpc) is 3.05. The molecule has 2 aromatic rings. The number of aliphatic hydroxyl groups is 1. The van der Waals surface area contributed by atoms with E-state index in [-0.39, 0.29) is 5.82 Å². The molecule has 3 rings (SSSR count). The number of benzene rings is 1. The van der Waals surface area contributed by atoms with E-state index in [2.05, 4.69) is 4.98 Å². The number of carboxylic acid groups (broad SMARTS) is 2. The van der Waals surface area contributed by atoms with Crippen LogP contribution in [-0.4, -0.2) is 37.8 Å². The molecule has 0 fully saturated rings. The molecule has 0 radical (unpaired) electrons. The highest BCUT2D eigenvalue weighted by molar-refractivity contribution is 7.11. The van der Waals surface area contributed by atoms with Gasteiger partial charge in [-0.05, 0) is 24.6 Å². The lowest BCUT2D eigenvalue weighted by molar-refractivity contribution is -0.167. The molecular formula is C19H18FNO5S. The fourth-order valence-electron chi connectivity index (χ4n) is 3.19. The third kappa shape index (κ3) is 3.63. The van der Waals surface area contributed by atoms with Crippen LogP contribution in [0.2, 0.25) is 0 Å². The average molecular weight is 391 g/mol. The Morgan fingerprint density at radius 2 is 1.93 bits per heavy atom. The van der Waals surface area contributed by atoms with Crippen molar-refractivity contribution in [1.29, 1.82) is 0 Å². The van der Waals surface area contributed by atoms with E-state index in [4.69, 9.17) is 0 Å². The van der Waals surface area contributed by atoms with E-state index in [1.54, 1.807) is 18.3 Å². The summed E-state index contributed by atoms with van der Waals surface area (Å²) in [7, 11) is 0. The molecule has 142 valence electrons. The normalized spacial score (nSPS) is 27.4. The number of carbonyl (C=O) groups is 2. The zero-order valence-electron chi connectivity index (χ0n) is 14.4. The molecule has 1 aromatic carbocycles. The Hall–Kier alpha value is -2.58. The van der Waals surface area contributed by atoms with Gasteiger partial charge in [0, 0.05) is 23.9 Å². The molecule has 27 heavy (non-hydrogen) atoms. The van der Waals surface area contributed by atoms with E-state index < -0.39 is 35.3 Å². The Morgan fingerprint density at radius 3 is 2.52 bits per heavy atom. The number of hydrogen-bond donors (Lipinski definition) is 3. The highest BCUT2D eigenvalue weighted by atomic mass is 32.1. The summed E-state index contributed by atoms with van der Waals surface area (Å²) in [5.74, 6) is -3.97. The lowest BCUT2D eigenvalue weighted by Gasteiger charge is -2.38. The van der Waals surface area contributed by atoms with Gasteiger partial charge in [0.05, 0.1) is 11.3 Å². The maximum atomic E-state index is 13.0. The molecule has 1 aliphatic carbocycles. The predicted octanol–water partition coefficient (Wildman–Crippen LogP) is 2.82. The minimum Gasteiger partial charge on any atom is -0.481 e. The number of hydrogen-bond acceptors (Lipinski definition) is 5. The monoisotopic (exact) mass is 391 g/mol. The van der Waals surface area contributed by atoms with Gasteiger partial charge in [-0.1, -0.05) is 24.3 Å². The predicted molar refractivity (Wildman–Crippen MR) is 96.1 cm³/mol. The second-order valence-electron chi connectivity index (χ2n) is 6.93. The van der Waals surface area contributed by atoms with Crippen molar-refractivity contribution in [3.63, 3.8) is 0 Å². The summed E-state index contributed by atoms with van der Waals surface area (Å²) in [5.41, 5.74) is -2.87. The largest absolute Gasteiger partial charge is 0.481 e. The summed E-state index contributed by atoms with van der Waals surface area (Å²) in [5, 5.41) is 30.1. The molecule has 8 heteroatoms. The van der Waals surface area contributed by atoms with E-state index in [1.807, 2.05) is 0 Å². The number of nitrogens with zero attached hydrogens (tertiary/aromatic N) is 1. The van der Waals surface area contributed by atoms with Crippen molar-refractivity contribution in [2.45, 2.75) is 31.3 Å². The van der Waals surface area contributed by atoms with Crippen LogP contribution in [0.25, 0.3) is 0 Å². The number of rotatable bonds is 5. The van der Waals surface area contributed by atoms with Crippen LogP contribution >= 0.6 is 11.3 Å². The SMILES string of the molecule is CC1(C(=O)O)C=CC(c2ncc(Cc3ccc(F)cc3)s2)C(O)(C(=O)O)C1. The van der Waals surface area contributed by atoms with Gasteiger partial charge in [-0.15, -0.1) is 11.3 Å². The molecule has 1 heterocycles. The maximum Gasteiger partial charge on any atom is 0.336 e. The third-order valence-corrected chi connectivity index (χ3v) is 5.88.